The molecule has 1 aromatic heterocycles. The van der Waals surface area contributed by atoms with Crippen LogP contribution in [0.1, 0.15) is 104 Å². The van der Waals surface area contributed by atoms with Gasteiger partial charge < -0.3 is 14.2 Å². The number of aryl methyl sites for hydroxylation is 4. The van der Waals surface area contributed by atoms with Crippen LogP contribution < -0.4 is 26.4 Å². The third kappa shape index (κ3) is 4.79. The number of hydrogen-bond donors (Lipinski definition) is 0. The van der Waals surface area contributed by atoms with Crippen molar-refractivity contribution in [3.8, 4) is 0 Å². The molecule has 3 heterocycles. The van der Waals surface area contributed by atoms with E-state index in [0.29, 0.717) is 11.1 Å². The van der Waals surface area contributed by atoms with Gasteiger partial charge in [0, 0.05) is 37.9 Å². The lowest BCUT2D eigenvalue weighted by Crippen LogP contribution is -2.61. The van der Waals surface area contributed by atoms with Gasteiger partial charge in [0.15, 0.2) is 0 Å². The minimum Gasteiger partial charge on any atom is -0.468 e. The van der Waals surface area contributed by atoms with Gasteiger partial charge in [0.2, 0.25) is 0 Å². The lowest BCUT2D eigenvalue weighted by Gasteiger charge is -2.46. The number of hydrogen-bond acceptors (Lipinski definition) is 3. The second-order valence-electron chi connectivity index (χ2n) is 18.2. The van der Waals surface area contributed by atoms with Crippen molar-refractivity contribution in [1.82, 2.24) is 0 Å². The summed E-state index contributed by atoms with van der Waals surface area (Å²) in [4.78, 5) is 4.86. The molecule has 0 fully saturated rings. The Labute approximate surface area is 315 Å². The molecular weight excluding hydrogens is 631 g/mol. The zero-order chi connectivity index (χ0) is 39.1. The number of furan rings is 1. The van der Waals surface area contributed by atoms with E-state index in [4.69, 9.17) is 8.53 Å². The summed E-state index contributed by atoms with van der Waals surface area (Å²) in [6.45, 7) is 20.4. The summed E-state index contributed by atoms with van der Waals surface area (Å²) >= 11 is 0. The highest BCUT2D eigenvalue weighted by molar-refractivity contribution is 7.00. The van der Waals surface area contributed by atoms with Gasteiger partial charge in [-0.1, -0.05) is 96.0 Å². The largest absolute Gasteiger partial charge is 0.468 e. The summed E-state index contributed by atoms with van der Waals surface area (Å²) < 4.78 is 32.2. The van der Waals surface area contributed by atoms with Crippen molar-refractivity contribution in [3.05, 3.63) is 124 Å². The second-order valence-corrected chi connectivity index (χ2v) is 18.2. The number of nitrogens with zero attached hydrogens (tertiary/aromatic N) is 2. The van der Waals surface area contributed by atoms with Crippen LogP contribution in [0.15, 0.2) is 89.3 Å². The fraction of sp³-hybridized carbons (Fsp3) is 0.333. The predicted molar refractivity (Wildman–Crippen MR) is 223 cm³/mol. The molecule has 1 aliphatic carbocycles. The fourth-order valence-corrected chi connectivity index (χ4v) is 9.37. The van der Waals surface area contributed by atoms with Gasteiger partial charge in [-0.05, 0) is 144 Å². The maximum absolute atomic E-state index is 8.37. The monoisotopic (exact) mass is 685 g/mol. The van der Waals surface area contributed by atoms with Crippen LogP contribution in [-0.2, 0) is 16.2 Å². The first-order chi connectivity index (χ1) is 25.7. The third-order valence-electron chi connectivity index (χ3n) is 12.4. The van der Waals surface area contributed by atoms with E-state index in [-0.39, 0.29) is 23.0 Å². The first kappa shape index (κ1) is 29.8. The van der Waals surface area contributed by atoms with Crippen molar-refractivity contribution in [2.45, 2.75) is 105 Å². The number of benzene rings is 5. The molecule has 0 atom stereocenters. The average Bonchev–Trinajstić information content (AvgIpc) is 3.48. The summed E-state index contributed by atoms with van der Waals surface area (Å²) in [7, 11) is 0. The molecule has 3 aliphatic rings. The molecule has 262 valence electrons. The zero-order valence-corrected chi connectivity index (χ0v) is 32.4. The van der Waals surface area contributed by atoms with Gasteiger partial charge in [0.05, 0.1) is 11.3 Å². The Morgan fingerprint density at radius 3 is 1.98 bits per heavy atom. The normalized spacial score (nSPS) is 17.9. The highest BCUT2D eigenvalue weighted by Gasteiger charge is 2.49. The summed E-state index contributed by atoms with van der Waals surface area (Å²) in [5.74, 6) is 0. The third-order valence-corrected chi connectivity index (χ3v) is 12.4. The van der Waals surface area contributed by atoms with E-state index in [1.807, 2.05) is 12.1 Å². The molecular formula is C48H51BN2O. The van der Waals surface area contributed by atoms with Crippen LogP contribution in [0, 0.1) is 27.6 Å². The predicted octanol–water partition coefficient (Wildman–Crippen LogP) is 11.4. The first-order valence-corrected chi connectivity index (χ1v) is 18.9. The van der Waals surface area contributed by atoms with Crippen molar-refractivity contribution in [2.24, 2.45) is 0 Å². The number of fused-ring (bicyclic) bond motifs is 7. The number of rotatable bonds is 2. The van der Waals surface area contributed by atoms with E-state index in [2.05, 4.69) is 146 Å². The molecule has 5 aromatic carbocycles. The Morgan fingerprint density at radius 2 is 1.33 bits per heavy atom. The average molecular weight is 686 g/mol. The molecule has 9 rings (SSSR count). The van der Waals surface area contributed by atoms with E-state index in [1.165, 1.54) is 50.1 Å². The van der Waals surface area contributed by atoms with E-state index < -0.39 is 6.85 Å². The van der Waals surface area contributed by atoms with Crippen LogP contribution in [-0.4, -0.2) is 6.71 Å². The van der Waals surface area contributed by atoms with Gasteiger partial charge >= 0.3 is 0 Å². The van der Waals surface area contributed by atoms with Crippen LogP contribution in [0.4, 0.5) is 34.1 Å². The van der Waals surface area contributed by atoms with Crippen molar-refractivity contribution >= 4 is 68.4 Å². The molecule has 0 bridgehead atoms. The first-order valence-electron chi connectivity index (χ1n) is 20.4. The topological polar surface area (TPSA) is 19.6 Å². The van der Waals surface area contributed by atoms with E-state index >= 15 is 0 Å². The molecule has 0 N–H and O–H groups in total. The molecule has 0 radical (unpaired) electrons. The molecule has 52 heavy (non-hydrogen) atoms. The van der Waals surface area contributed by atoms with Crippen LogP contribution in [0.2, 0.25) is 0 Å². The van der Waals surface area contributed by atoms with Gasteiger partial charge in [0.1, 0.15) is 5.58 Å². The molecule has 0 amide bonds. The standard InChI is InChI=1S/C48H51BN2O/c1-28-12-18-38(31(4)22-28)51-39-27-36-35(47(8,9)20-21-48(36,10)11)26-37(39)49-43-40(24-30(3)25-41(43)51)50(33-16-14-32(15-17-33)46(5,6)7)44-34-23-29(2)13-19-42(34)52-45(44)49/h12-19,22-27H,20-21H2,1-11H3/i2D3. The van der Waals surface area contributed by atoms with Gasteiger partial charge in [-0.25, -0.2) is 0 Å². The summed E-state index contributed by atoms with van der Waals surface area (Å²) in [6, 6.07) is 30.8. The van der Waals surface area contributed by atoms with Gasteiger partial charge in [-0.3, -0.25) is 0 Å². The lowest BCUT2D eigenvalue weighted by molar-refractivity contribution is 0.332. The Kier molecular flexibility index (Phi) is 6.26. The van der Waals surface area contributed by atoms with Crippen LogP contribution in [0.5, 0.6) is 0 Å². The minimum absolute atomic E-state index is 0.00168. The van der Waals surface area contributed by atoms with E-state index in [9.17, 15) is 0 Å². The molecule has 0 unspecified atom stereocenters. The van der Waals surface area contributed by atoms with Gasteiger partial charge in [-0.2, -0.15) is 0 Å². The Balaban J connectivity index is 1.43. The maximum Gasteiger partial charge on any atom is 0.297 e. The summed E-state index contributed by atoms with van der Waals surface area (Å²) in [6.07, 6.45) is 2.24. The molecule has 0 spiro atoms. The fourth-order valence-electron chi connectivity index (χ4n) is 9.37. The van der Waals surface area contributed by atoms with Crippen LogP contribution >= 0.6 is 0 Å². The van der Waals surface area contributed by atoms with Crippen molar-refractivity contribution < 1.29 is 8.53 Å². The molecule has 4 heteroatoms. The highest BCUT2D eigenvalue weighted by atomic mass is 16.3. The van der Waals surface area contributed by atoms with E-state index in [0.717, 1.165) is 52.2 Å². The van der Waals surface area contributed by atoms with Crippen molar-refractivity contribution in [2.75, 3.05) is 9.80 Å². The summed E-state index contributed by atoms with van der Waals surface area (Å²) in [5.41, 5.74) is 18.5. The Morgan fingerprint density at radius 1 is 0.673 bits per heavy atom. The Hall–Kier alpha value is -4.70. The molecule has 6 aromatic rings. The SMILES string of the molecule is [2H]C([2H])([2H])c1ccc2oc3c(c2c1)N(c1ccc(C(C)(C)C)cc1)c1cc(C)cc2c1B3c1cc3c(cc1N2c1ccc(C)cc1C)C(C)(C)CCC3(C)C. The highest BCUT2D eigenvalue weighted by Crippen LogP contribution is 2.51. The minimum atomic E-state index is -2.25. The Bertz CT molecular complexity index is 2570. The quantitative estimate of drug-likeness (QED) is 0.169. The second kappa shape index (κ2) is 10.9. The lowest BCUT2D eigenvalue weighted by atomic mass is 9.35. The van der Waals surface area contributed by atoms with Gasteiger partial charge in [0.25, 0.3) is 6.71 Å². The smallest absolute Gasteiger partial charge is 0.297 e. The van der Waals surface area contributed by atoms with Gasteiger partial charge in [-0.15, -0.1) is 0 Å². The van der Waals surface area contributed by atoms with Crippen LogP contribution in [0.3, 0.4) is 0 Å². The van der Waals surface area contributed by atoms with E-state index in [1.54, 1.807) is 6.07 Å². The number of anilines is 6. The molecule has 0 saturated heterocycles. The zero-order valence-electron chi connectivity index (χ0n) is 35.4. The van der Waals surface area contributed by atoms with Crippen LogP contribution in [0.25, 0.3) is 11.0 Å². The molecule has 0 saturated carbocycles. The van der Waals surface area contributed by atoms with Crippen molar-refractivity contribution in [3.63, 3.8) is 0 Å². The maximum atomic E-state index is 8.37. The summed E-state index contributed by atoms with van der Waals surface area (Å²) in [5, 5.41) is 0.815. The molecule has 2 aliphatic heterocycles. The molecule has 3 nitrogen and oxygen atoms in total. The van der Waals surface area contributed by atoms with Crippen molar-refractivity contribution in [1.29, 1.82) is 0 Å².